The highest BCUT2D eigenvalue weighted by Gasteiger charge is 2.23. The van der Waals surface area contributed by atoms with Gasteiger partial charge < -0.3 is 5.73 Å². The van der Waals surface area contributed by atoms with Crippen molar-refractivity contribution in [1.82, 2.24) is 9.78 Å². The van der Waals surface area contributed by atoms with E-state index in [1.54, 1.807) is 11.7 Å². The smallest absolute Gasteiger partial charge is 0.151 e. The Hall–Kier alpha value is -1.04. The van der Waals surface area contributed by atoms with Crippen molar-refractivity contribution >= 4 is 15.7 Å². The standard InChI is InChI=1S/C8H13N3O2S/c1-11-8(9)6-2-4-14(12,13)5-3-7(6)10-11/h2-5,9H2,1H3. The van der Waals surface area contributed by atoms with E-state index in [4.69, 9.17) is 5.73 Å². The summed E-state index contributed by atoms with van der Waals surface area (Å²) in [7, 11) is -1.12. The number of aryl methyl sites for hydroxylation is 2. The molecular formula is C8H13N3O2S. The first-order valence-corrected chi connectivity index (χ1v) is 6.32. The number of hydrogen-bond acceptors (Lipinski definition) is 4. The predicted molar refractivity (Wildman–Crippen MR) is 53.7 cm³/mol. The highest BCUT2D eigenvalue weighted by molar-refractivity contribution is 7.91. The molecular weight excluding hydrogens is 202 g/mol. The van der Waals surface area contributed by atoms with Gasteiger partial charge >= 0.3 is 0 Å². The summed E-state index contributed by atoms with van der Waals surface area (Å²) in [6, 6.07) is 0. The topological polar surface area (TPSA) is 78.0 Å². The summed E-state index contributed by atoms with van der Waals surface area (Å²) < 4.78 is 24.3. The van der Waals surface area contributed by atoms with Crippen LogP contribution in [0.1, 0.15) is 11.3 Å². The lowest BCUT2D eigenvalue weighted by Crippen LogP contribution is -2.12. The van der Waals surface area contributed by atoms with Crippen LogP contribution in [-0.2, 0) is 29.7 Å². The van der Waals surface area contributed by atoms with Gasteiger partial charge in [-0.2, -0.15) is 5.10 Å². The molecule has 0 saturated heterocycles. The first-order chi connectivity index (χ1) is 6.49. The second-order valence-corrected chi connectivity index (χ2v) is 5.89. The minimum atomic E-state index is -2.89. The van der Waals surface area contributed by atoms with Crippen LogP contribution < -0.4 is 5.73 Å². The van der Waals surface area contributed by atoms with Crippen molar-refractivity contribution in [2.24, 2.45) is 7.05 Å². The number of anilines is 1. The third-order valence-corrected chi connectivity index (χ3v) is 4.24. The summed E-state index contributed by atoms with van der Waals surface area (Å²) in [6.07, 6.45) is 0.986. The molecule has 78 valence electrons. The van der Waals surface area contributed by atoms with Crippen LogP contribution in [0.15, 0.2) is 0 Å². The van der Waals surface area contributed by atoms with Gasteiger partial charge in [0.1, 0.15) is 5.82 Å². The van der Waals surface area contributed by atoms with Crippen LogP contribution in [0.3, 0.4) is 0 Å². The van der Waals surface area contributed by atoms with E-state index in [9.17, 15) is 8.42 Å². The van der Waals surface area contributed by atoms with Gasteiger partial charge in [-0.3, -0.25) is 4.68 Å². The summed E-state index contributed by atoms with van der Waals surface area (Å²) in [4.78, 5) is 0. The largest absolute Gasteiger partial charge is 0.384 e. The zero-order valence-electron chi connectivity index (χ0n) is 8.02. The van der Waals surface area contributed by atoms with Crippen molar-refractivity contribution in [3.8, 4) is 0 Å². The van der Waals surface area contributed by atoms with Crippen LogP contribution in [0, 0.1) is 0 Å². The average Bonchev–Trinajstić information content (AvgIpc) is 2.27. The monoisotopic (exact) mass is 215 g/mol. The SMILES string of the molecule is Cn1nc2c(c1N)CCS(=O)(=O)CC2. The first kappa shape index (κ1) is 9.51. The Labute approximate surface area is 82.8 Å². The van der Waals surface area contributed by atoms with E-state index in [0.717, 1.165) is 11.3 Å². The van der Waals surface area contributed by atoms with Gasteiger partial charge in [0.05, 0.1) is 17.2 Å². The third-order valence-electron chi connectivity index (χ3n) is 2.59. The van der Waals surface area contributed by atoms with Crippen LogP contribution >= 0.6 is 0 Å². The zero-order chi connectivity index (χ0) is 10.3. The molecule has 0 radical (unpaired) electrons. The van der Waals surface area contributed by atoms with E-state index in [2.05, 4.69) is 5.10 Å². The van der Waals surface area contributed by atoms with E-state index in [1.165, 1.54) is 0 Å². The summed E-state index contributed by atoms with van der Waals surface area (Å²) in [5.74, 6) is 0.976. The molecule has 0 aromatic carbocycles. The summed E-state index contributed by atoms with van der Waals surface area (Å²) in [5, 5.41) is 4.20. The fourth-order valence-electron chi connectivity index (χ4n) is 1.72. The van der Waals surface area contributed by atoms with Crippen molar-refractivity contribution in [2.75, 3.05) is 17.2 Å². The van der Waals surface area contributed by atoms with Crippen LogP contribution in [-0.4, -0.2) is 29.7 Å². The number of fused-ring (bicyclic) bond motifs is 1. The van der Waals surface area contributed by atoms with Gasteiger partial charge in [-0.15, -0.1) is 0 Å². The quantitative estimate of drug-likeness (QED) is 0.634. The molecule has 1 aromatic rings. The van der Waals surface area contributed by atoms with Crippen LogP contribution in [0.25, 0.3) is 0 Å². The second-order valence-electron chi connectivity index (χ2n) is 3.59. The number of nitrogens with zero attached hydrogens (tertiary/aromatic N) is 2. The van der Waals surface area contributed by atoms with Crippen molar-refractivity contribution in [1.29, 1.82) is 0 Å². The van der Waals surface area contributed by atoms with Gasteiger partial charge in [0.25, 0.3) is 0 Å². The Morgan fingerprint density at radius 1 is 1.36 bits per heavy atom. The highest BCUT2D eigenvalue weighted by atomic mass is 32.2. The van der Waals surface area contributed by atoms with Gasteiger partial charge in [0, 0.05) is 19.0 Å². The maximum atomic E-state index is 11.4. The van der Waals surface area contributed by atoms with Crippen molar-refractivity contribution in [2.45, 2.75) is 12.8 Å². The number of aromatic nitrogens is 2. The fourth-order valence-corrected chi connectivity index (χ4v) is 2.95. The molecule has 5 nitrogen and oxygen atoms in total. The van der Waals surface area contributed by atoms with E-state index >= 15 is 0 Å². The Bertz CT molecular complexity index is 461. The first-order valence-electron chi connectivity index (χ1n) is 4.50. The maximum Gasteiger partial charge on any atom is 0.151 e. The Kier molecular flexibility index (Phi) is 2.02. The molecule has 0 unspecified atom stereocenters. The molecule has 2 heterocycles. The van der Waals surface area contributed by atoms with Gasteiger partial charge in [0.15, 0.2) is 9.84 Å². The Morgan fingerprint density at radius 3 is 2.71 bits per heavy atom. The molecule has 0 fully saturated rings. The molecule has 0 saturated carbocycles. The van der Waals surface area contributed by atoms with E-state index in [1.807, 2.05) is 0 Å². The van der Waals surface area contributed by atoms with Gasteiger partial charge in [-0.1, -0.05) is 0 Å². The second kappa shape index (κ2) is 2.98. The molecule has 0 atom stereocenters. The summed E-state index contributed by atoms with van der Waals surface area (Å²) in [6.45, 7) is 0. The van der Waals surface area contributed by atoms with E-state index in [-0.39, 0.29) is 11.5 Å². The molecule has 0 spiro atoms. The Balaban J connectivity index is 2.42. The van der Waals surface area contributed by atoms with E-state index in [0.29, 0.717) is 18.7 Å². The molecule has 6 heteroatoms. The van der Waals surface area contributed by atoms with Crippen LogP contribution in [0.2, 0.25) is 0 Å². The molecule has 0 bridgehead atoms. The molecule has 2 N–H and O–H groups in total. The van der Waals surface area contributed by atoms with Crippen molar-refractivity contribution < 1.29 is 8.42 Å². The predicted octanol–water partition coefficient (Wildman–Crippen LogP) is -0.484. The number of hydrogen-bond donors (Lipinski definition) is 1. The third kappa shape index (κ3) is 1.50. The van der Waals surface area contributed by atoms with Crippen LogP contribution in [0.4, 0.5) is 5.82 Å². The minimum Gasteiger partial charge on any atom is -0.384 e. The fraction of sp³-hybridized carbons (Fsp3) is 0.625. The molecule has 1 aliphatic heterocycles. The number of nitrogen functional groups attached to an aromatic ring is 1. The molecule has 1 aromatic heterocycles. The molecule has 2 rings (SSSR count). The average molecular weight is 215 g/mol. The minimum absolute atomic E-state index is 0.190. The molecule has 14 heavy (non-hydrogen) atoms. The maximum absolute atomic E-state index is 11.4. The lowest BCUT2D eigenvalue weighted by molar-refractivity contribution is 0.595. The number of nitrogens with two attached hydrogens (primary N) is 1. The van der Waals surface area contributed by atoms with Crippen molar-refractivity contribution in [3.63, 3.8) is 0 Å². The molecule has 0 aliphatic carbocycles. The lowest BCUT2D eigenvalue weighted by atomic mass is 10.1. The highest BCUT2D eigenvalue weighted by Crippen LogP contribution is 2.21. The van der Waals surface area contributed by atoms with Gasteiger partial charge in [-0.25, -0.2) is 8.42 Å². The summed E-state index contributed by atoms with van der Waals surface area (Å²) in [5.41, 5.74) is 7.54. The number of rotatable bonds is 0. The van der Waals surface area contributed by atoms with E-state index < -0.39 is 9.84 Å². The van der Waals surface area contributed by atoms with Crippen molar-refractivity contribution in [3.05, 3.63) is 11.3 Å². The Morgan fingerprint density at radius 2 is 2.00 bits per heavy atom. The normalized spacial score (nSPS) is 20.1. The zero-order valence-corrected chi connectivity index (χ0v) is 8.84. The summed E-state index contributed by atoms with van der Waals surface area (Å²) >= 11 is 0. The van der Waals surface area contributed by atoms with Gasteiger partial charge in [-0.05, 0) is 6.42 Å². The lowest BCUT2D eigenvalue weighted by Gasteiger charge is -1.99. The van der Waals surface area contributed by atoms with Gasteiger partial charge in [0.2, 0.25) is 0 Å². The number of sulfone groups is 1. The molecule has 0 amide bonds. The molecule has 1 aliphatic rings. The van der Waals surface area contributed by atoms with Crippen LogP contribution in [0.5, 0.6) is 0 Å².